The molecule has 32 heavy (non-hydrogen) atoms. The molecule has 3 heterocycles. The van der Waals surface area contributed by atoms with Crippen LogP contribution >= 0.6 is 23.1 Å². The van der Waals surface area contributed by atoms with Crippen LogP contribution in [0.4, 0.5) is 0 Å². The summed E-state index contributed by atoms with van der Waals surface area (Å²) < 4.78 is 11.1. The second-order valence-corrected chi connectivity index (χ2v) is 8.76. The SMILES string of the molecule is CCCC1=NN2C(=N)C(=Cc3ccc(OC(=O)c4cccs4)c(OCC)c3)C(=O)N=C2S1. The summed E-state index contributed by atoms with van der Waals surface area (Å²) in [6, 6.07) is 8.43. The van der Waals surface area contributed by atoms with E-state index in [-0.39, 0.29) is 17.2 Å². The largest absolute Gasteiger partial charge is 0.490 e. The molecule has 164 valence electrons. The second kappa shape index (κ2) is 9.49. The van der Waals surface area contributed by atoms with Crippen molar-refractivity contribution >= 4 is 57.1 Å². The third kappa shape index (κ3) is 4.51. The predicted octanol–water partition coefficient (Wildman–Crippen LogP) is 4.79. The Bertz CT molecular complexity index is 1170. The van der Waals surface area contributed by atoms with Crippen molar-refractivity contribution in [1.82, 2.24) is 5.01 Å². The van der Waals surface area contributed by atoms with Gasteiger partial charge in [0.25, 0.3) is 5.91 Å². The van der Waals surface area contributed by atoms with Crippen molar-refractivity contribution in [1.29, 1.82) is 5.41 Å². The number of esters is 1. The van der Waals surface area contributed by atoms with E-state index in [1.54, 1.807) is 41.8 Å². The minimum atomic E-state index is -0.493. The van der Waals surface area contributed by atoms with Gasteiger partial charge in [0.2, 0.25) is 5.17 Å². The van der Waals surface area contributed by atoms with Crippen LogP contribution in [-0.4, -0.2) is 39.5 Å². The molecule has 10 heteroatoms. The summed E-state index contributed by atoms with van der Waals surface area (Å²) >= 11 is 2.61. The molecule has 0 atom stereocenters. The molecule has 0 saturated heterocycles. The van der Waals surface area contributed by atoms with Crippen molar-refractivity contribution in [3.05, 3.63) is 51.7 Å². The monoisotopic (exact) mass is 468 g/mol. The minimum Gasteiger partial charge on any atom is -0.490 e. The van der Waals surface area contributed by atoms with Gasteiger partial charge in [-0.25, -0.2) is 4.79 Å². The highest BCUT2D eigenvalue weighted by Crippen LogP contribution is 2.33. The number of hydrazone groups is 1. The van der Waals surface area contributed by atoms with Crippen molar-refractivity contribution in [2.75, 3.05) is 6.61 Å². The van der Waals surface area contributed by atoms with Gasteiger partial charge in [-0.05, 0) is 66.7 Å². The lowest BCUT2D eigenvalue weighted by Crippen LogP contribution is -2.35. The summed E-state index contributed by atoms with van der Waals surface area (Å²) in [5.41, 5.74) is 0.738. The van der Waals surface area contributed by atoms with Gasteiger partial charge >= 0.3 is 5.97 Å². The number of thioether (sulfide) groups is 1. The van der Waals surface area contributed by atoms with Crippen LogP contribution in [0.3, 0.4) is 0 Å². The van der Waals surface area contributed by atoms with E-state index >= 15 is 0 Å². The van der Waals surface area contributed by atoms with E-state index in [0.717, 1.165) is 17.9 Å². The molecule has 2 aliphatic heterocycles. The molecule has 2 aliphatic rings. The molecule has 0 saturated carbocycles. The van der Waals surface area contributed by atoms with Crippen LogP contribution in [0, 0.1) is 5.41 Å². The maximum Gasteiger partial charge on any atom is 0.353 e. The maximum atomic E-state index is 12.6. The average Bonchev–Trinajstić information content (AvgIpc) is 3.43. The van der Waals surface area contributed by atoms with Gasteiger partial charge in [0.1, 0.15) is 9.92 Å². The van der Waals surface area contributed by atoms with Crippen molar-refractivity contribution in [2.45, 2.75) is 26.7 Å². The molecule has 0 fully saturated rings. The van der Waals surface area contributed by atoms with Gasteiger partial charge in [0, 0.05) is 0 Å². The highest BCUT2D eigenvalue weighted by molar-refractivity contribution is 8.26. The fourth-order valence-corrected chi connectivity index (χ4v) is 4.61. The summed E-state index contributed by atoms with van der Waals surface area (Å²) in [6.07, 6.45) is 3.25. The number of nitrogens with one attached hydrogen (secondary N) is 1. The lowest BCUT2D eigenvalue weighted by Gasteiger charge is -2.20. The minimum absolute atomic E-state index is 0.0234. The quantitative estimate of drug-likeness (QED) is 0.356. The lowest BCUT2D eigenvalue weighted by atomic mass is 10.1. The number of benzene rings is 1. The van der Waals surface area contributed by atoms with Crippen LogP contribution in [0.2, 0.25) is 0 Å². The molecular formula is C22H20N4O4S2. The molecule has 1 amide bonds. The molecule has 4 rings (SSSR count). The molecule has 1 aromatic heterocycles. The molecule has 0 aliphatic carbocycles. The number of amidine groups is 2. The number of ether oxygens (including phenoxy) is 2. The average molecular weight is 469 g/mol. The Morgan fingerprint density at radius 2 is 2.09 bits per heavy atom. The van der Waals surface area contributed by atoms with Gasteiger partial charge in [-0.3, -0.25) is 10.2 Å². The number of hydrogen-bond acceptors (Lipinski definition) is 8. The number of amides is 1. The van der Waals surface area contributed by atoms with Crippen LogP contribution in [-0.2, 0) is 4.79 Å². The van der Waals surface area contributed by atoms with E-state index in [1.807, 2.05) is 13.8 Å². The zero-order valence-electron chi connectivity index (χ0n) is 17.5. The lowest BCUT2D eigenvalue weighted by molar-refractivity contribution is -0.114. The van der Waals surface area contributed by atoms with E-state index in [9.17, 15) is 9.59 Å². The van der Waals surface area contributed by atoms with Crippen LogP contribution in [0.1, 0.15) is 41.9 Å². The fraction of sp³-hybridized carbons (Fsp3) is 0.227. The molecule has 0 unspecified atom stereocenters. The Morgan fingerprint density at radius 1 is 1.25 bits per heavy atom. The highest BCUT2D eigenvalue weighted by atomic mass is 32.2. The van der Waals surface area contributed by atoms with Crippen molar-refractivity contribution in [3.63, 3.8) is 0 Å². The Labute approximate surface area is 193 Å². The van der Waals surface area contributed by atoms with Gasteiger partial charge in [0.05, 0.1) is 12.2 Å². The topological polar surface area (TPSA) is 104 Å². The van der Waals surface area contributed by atoms with Gasteiger partial charge in [0.15, 0.2) is 17.3 Å². The summed E-state index contributed by atoms with van der Waals surface area (Å²) in [6.45, 7) is 4.23. The Morgan fingerprint density at radius 3 is 2.81 bits per heavy atom. The van der Waals surface area contributed by atoms with Gasteiger partial charge < -0.3 is 9.47 Å². The zero-order valence-corrected chi connectivity index (χ0v) is 19.1. The number of fused-ring (bicyclic) bond motifs is 1. The molecule has 2 aromatic rings. The highest BCUT2D eigenvalue weighted by Gasteiger charge is 2.35. The smallest absolute Gasteiger partial charge is 0.353 e. The van der Waals surface area contributed by atoms with Gasteiger partial charge in [-0.1, -0.05) is 19.1 Å². The molecule has 1 N–H and O–H groups in total. The zero-order chi connectivity index (χ0) is 22.7. The maximum absolute atomic E-state index is 12.6. The van der Waals surface area contributed by atoms with Crippen molar-refractivity contribution in [3.8, 4) is 11.5 Å². The van der Waals surface area contributed by atoms with Crippen molar-refractivity contribution in [2.24, 2.45) is 10.1 Å². The van der Waals surface area contributed by atoms with E-state index in [4.69, 9.17) is 14.9 Å². The summed E-state index contributed by atoms with van der Waals surface area (Å²) in [4.78, 5) is 29.5. The van der Waals surface area contributed by atoms with E-state index < -0.39 is 11.9 Å². The number of hydrogen-bond donors (Lipinski definition) is 1. The molecular weight excluding hydrogens is 448 g/mol. The van der Waals surface area contributed by atoms with Crippen LogP contribution in [0.25, 0.3) is 6.08 Å². The third-order valence-corrected chi connectivity index (χ3v) is 6.28. The number of carbonyl (C=O) groups excluding carboxylic acids is 2. The predicted molar refractivity (Wildman–Crippen MR) is 127 cm³/mol. The van der Waals surface area contributed by atoms with Crippen molar-refractivity contribution < 1.29 is 19.1 Å². The van der Waals surface area contributed by atoms with E-state index in [2.05, 4.69) is 10.1 Å². The first kappa shape index (κ1) is 22.0. The number of nitrogens with zero attached hydrogens (tertiary/aromatic N) is 3. The molecule has 0 radical (unpaired) electrons. The standard InChI is InChI=1S/C22H20N4O4S2/c1-3-6-18-25-26-19(23)14(20(27)24-22(26)32-18)11-13-8-9-15(16(12-13)29-4-2)30-21(28)17-7-5-10-31-17/h5,7-12,23H,3-4,6H2,1-2H3. The first-order chi connectivity index (χ1) is 15.5. The van der Waals surface area contributed by atoms with Gasteiger partial charge in [-0.2, -0.15) is 15.1 Å². The third-order valence-electron chi connectivity index (χ3n) is 4.46. The first-order valence-electron chi connectivity index (χ1n) is 10.0. The van der Waals surface area contributed by atoms with Gasteiger partial charge in [-0.15, -0.1) is 11.3 Å². The normalized spacial score (nSPS) is 16.7. The first-order valence-corrected chi connectivity index (χ1v) is 11.7. The second-order valence-electron chi connectivity index (χ2n) is 6.77. The number of thiophene rings is 1. The Balaban J connectivity index is 1.61. The molecule has 0 spiro atoms. The fourth-order valence-electron chi connectivity index (χ4n) is 3.03. The number of rotatable bonds is 7. The summed E-state index contributed by atoms with van der Waals surface area (Å²) in [5, 5.41) is 17.3. The number of carbonyl (C=O) groups is 2. The van der Waals surface area contributed by atoms with Crippen LogP contribution < -0.4 is 9.47 Å². The van der Waals surface area contributed by atoms with Crippen LogP contribution in [0.15, 0.2) is 51.4 Å². The molecule has 1 aromatic carbocycles. The molecule has 8 nitrogen and oxygen atoms in total. The Kier molecular flexibility index (Phi) is 6.52. The van der Waals surface area contributed by atoms with Crippen LogP contribution in [0.5, 0.6) is 11.5 Å². The summed E-state index contributed by atoms with van der Waals surface area (Å²) in [7, 11) is 0. The summed E-state index contributed by atoms with van der Waals surface area (Å²) in [5.74, 6) is -0.337. The van der Waals surface area contributed by atoms with E-state index in [0.29, 0.717) is 28.0 Å². The molecule has 0 bridgehead atoms. The Hall–Kier alpha value is -3.24. The number of aliphatic imine (C=N–C) groups is 1. The van der Waals surface area contributed by atoms with E-state index in [1.165, 1.54) is 28.1 Å².